The van der Waals surface area contributed by atoms with E-state index in [1.54, 1.807) is 0 Å². The topological polar surface area (TPSA) is 15.3 Å². The maximum absolute atomic E-state index is 3.55. The van der Waals surface area contributed by atoms with Gasteiger partial charge in [-0.3, -0.25) is 4.90 Å². The Morgan fingerprint density at radius 3 is 2.77 bits per heavy atom. The van der Waals surface area contributed by atoms with Crippen LogP contribution in [0.25, 0.3) is 0 Å². The van der Waals surface area contributed by atoms with Gasteiger partial charge in [-0.1, -0.05) is 6.92 Å². The summed E-state index contributed by atoms with van der Waals surface area (Å²) in [4.78, 5) is 2.54. The molecular formula is C11H24N2. The summed E-state index contributed by atoms with van der Waals surface area (Å²) in [5.74, 6) is 0. The molecule has 2 nitrogen and oxygen atoms in total. The van der Waals surface area contributed by atoms with Crippen LogP contribution >= 0.6 is 0 Å². The highest BCUT2D eigenvalue weighted by molar-refractivity contribution is 4.85. The first-order valence-corrected chi connectivity index (χ1v) is 5.62. The zero-order valence-electron chi connectivity index (χ0n) is 9.51. The molecule has 1 N–H and O–H groups in total. The molecule has 0 aromatic carbocycles. The highest BCUT2D eigenvalue weighted by Gasteiger charge is 2.26. The average Bonchev–Trinajstić information content (AvgIpc) is 2.16. The number of hydrogen-bond acceptors (Lipinski definition) is 2. The molecule has 0 aromatic rings. The fourth-order valence-electron chi connectivity index (χ4n) is 2.20. The summed E-state index contributed by atoms with van der Waals surface area (Å²) >= 11 is 0. The van der Waals surface area contributed by atoms with Crippen molar-refractivity contribution in [3.05, 3.63) is 0 Å². The van der Waals surface area contributed by atoms with Crippen LogP contribution in [0.1, 0.15) is 40.0 Å². The van der Waals surface area contributed by atoms with Crippen molar-refractivity contribution in [1.29, 1.82) is 0 Å². The van der Waals surface area contributed by atoms with Gasteiger partial charge in [0.15, 0.2) is 0 Å². The third kappa shape index (κ3) is 2.68. The average molecular weight is 184 g/mol. The molecule has 1 aliphatic rings. The predicted molar refractivity (Wildman–Crippen MR) is 58.0 cm³/mol. The molecule has 13 heavy (non-hydrogen) atoms. The van der Waals surface area contributed by atoms with E-state index < -0.39 is 0 Å². The molecule has 0 aliphatic carbocycles. The van der Waals surface area contributed by atoms with E-state index in [0.29, 0.717) is 12.1 Å². The second-order valence-electron chi connectivity index (χ2n) is 4.38. The molecule has 0 spiro atoms. The van der Waals surface area contributed by atoms with Gasteiger partial charge in [0.25, 0.3) is 0 Å². The molecule has 1 fully saturated rings. The zero-order valence-corrected chi connectivity index (χ0v) is 9.51. The minimum Gasteiger partial charge on any atom is -0.313 e. The minimum atomic E-state index is 0.660. The van der Waals surface area contributed by atoms with Crippen molar-refractivity contribution in [2.45, 2.75) is 58.2 Å². The molecular weight excluding hydrogens is 160 g/mol. The molecule has 0 amide bonds. The van der Waals surface area contributed by atoms with Crippen LogP contribution in [0.4, 0.5) is 0 Å². The maximum atomic E-state index is 3.55. The summed E-state index contributed by atoms with van der Waals surface area (Å²) in [6.45, 7) is 8.10. The van der Waals surface area contributed by atoms with Gasteiger partial charge in [0, 0.05) is 18.1 Å². The van der Waals surface area contributed by atoms with E-state index in [-0.39, 0.29) is 0 Å². The second kappa shape index (κ2) is 4.97. The summed E-state index contributed by atoms with van der Waals surface area (Å²) in [5.41, 5.74) is 0. The van der Waals surface area contributed by atoms with E-state index in [0.717, 1.165) is 6.04 Å². The molecule has 1 rings (SSSR count). The molecule has 3 unspecified atom stereocenters. The monoisotopic (exact) mass is 184 g/mol. The van der Waals surface area contributed by atoms with E-state index in [9.17, 15) is 0 Å². The van der Waals surface area contributed by atoms with E-state index in [1.165, 1.54) is 25.8 Å². The lowest BCUT2D eigenvalue weighted by atomic mass is 9.97. The Kier molecular flexibility index (Phi) is 4.20. The van der Waals surface area contributed by atoms with Gasteiger partial charge in [-0.2, -0.15) is 0 Å². The lowest BCUT2D eigenvalue weighted by molar-refractivity contribution is 0.122. The van der Waals surface area contributed by atoms with E-state index in [1.807, 2.05) is 0 Å². The molecule has 0 saturated carbocycles. The number of nitrogens with zero attached hydrogens (tertiary/aromatic N) is 1. The van der Waals surface area contributed by atoms with Gasteiger partial charge in [-0.05, 0) is 46.7 Å². The van der Waals surface area contributed by atoms with Gasteiger partial charge >= 0.3 is 0 Å². The van der Waals surface area contributed by atoms with E-state index in [4.69, 9.17) is 0 Å². The van der Waals surface area contributed by atoms with Crippen molar-refractivity contribution in [3.63, 3.8) is 0 Å². The van der Waals surface area contributed by atoms with Crippen molar-refractivity contribution >= 4 is 0 Å². The van der Waals surface area contributed by atoms with Crippen molar-refractivity contribution in [2.24, 2.45) is 0 Å². The largest absolute Gasteiger partial charge is 0.313 e. The molecule has 1 saturated heterocycles. The van der Waals surface area contributed by atoms with Crippen molar-refractivity contribution in [1.82, 2.24) is 10.2 Å². The SMILES string of the molecule is CCC(C)N(C)C1CCCNC1C. The van der Waals surface area contributed by atoms with Crippen LogP contribution in [0.5, 0.6) is 0 Å². The Hall–Kier alpha value is -0.0800. The summed E-state index contributed by atoms with van der Waals surface area (Å²) in [7, 11) is 2.27. The molecule has 0 radical (unpaired) electrons. The second-order valence-corrected chi connectivity index (χ2v) is 4.38. The number of likely N-dealkylation sites (N-methyl/N-ethyl adjacent to an activating group) is 1. The lowest BCUT2D eigenvalue weighted by Gasteiger charge is -2.39. The Bertz CT molecular complexity index is 147. The summed E-state index contributed by atoms with van der Waals surface area (Å²) < 4.78 is 0. The van der Waals surface area contributed by atoms with E-state index >= 15 is 0 Å². The van der Waals surface area contributed by atoms with Crippen LogP contribution in [-0.2, 0) is 0 Å². The molecule has 1 aliphatic heterocycles. The van der Waals surface area contributed by atoms with Gasteiger partial charge in [0.1, 0.15) is 0 Å². The number of nitrogens with one attached hydrogen (secondary N) is 1. The van der Waals surface area contributed by atoms with Gasteiger partial charge in [-0.25, -0.2) is 0 Å². The zero-order chi connectivity index (χ0) is 9.84. The Labute approximate surface area is 82.7 Å². The molecule has 0 aromatic heterocycles. The normalized spacial score (nSPS) is 32.1. The molecule has 1 heterocycles. The predicted octanol–water partition coefficient (Wildman–Crippen LogP) is 1.86. The number of hydrogen-bond donors (Lipinski definition) is 1. The first-order valence-electron chi connectivity index (χ1n) is 5.62. The maximum Gasteiger partial charge on any atom is 0.0246 e. The van der Waals surface area contributed by atoms with Crippen molar-refractivity contribution < 1.29 is 0 Å². The minimum absolute atomic E-state index is 0.660. The Morgan fingerprint density at radius 1 is 1.54 bits per heavy atom. The van der Waals surface area contributed by atoms with E-state index in [2.05, 4.69) is 38.0 Å². The first kappa shape index (κ1) is 11.0. The Morgan fingerprint density at radius 2 is 2.23 bits per heavy atom. The van der Waals surface area contributed by atoms with Crippen LogP contribution in [0.3, 0.4) is 0 Å². The van der Waals surface area contributed by atoms with Crippen LogP contribution in [0, 0.1) is 0 Å². The van der Waals surface area contributed by atoms with Gasteiger partial charge in [0.05, 0.1) is 0 Å². The summed E-state index contributed by atoms with van der Waals surface area (Å²) in [6.07, 6.45) is 3.94. The van der Waals surface area contributed by atoms with Crippen LogP contribution in [0.15, 0.2) is 0 Å². The molecule has 78 valence electrons. The van der Waals surface area contributed by atoms with Crippen molar-refractivity contribution in [3.8, 4) is 0 Å². The molecule has 2 heteroatoms. The summed E-state index contributed by atoms with van der Waals surface area (Å²) in [5, 5.41) is 3.55. The fourth-order valence-corrected chi connectivity index (χ4v) is 2.20. The van der Waals surface area contributed by atoms with Crippen LogP contribution in [0.2, 0.25) is 0 Å². The molecule has 0 bridgehead atoms. The quantitative estimate of drug-likeness (QED) is 0.720. The smallest absolute Gasteiger partial charge is 0.0246 e. The van der Waals surface area contributed by atoms with Gasteiger partial charge in [-0.15, -0.1) is 0 Å². The highest BCUT2D eigenvalue weighted by Crippen LogP contribution is 2.17. The highest BCUT2D eigenvalue weighted by atomic mass is 15.2. The Balaban J connectivity index is 2.47. The first-order chi connectivity index (χ1) is 6.16. The lowest BCUT2D eigenvalue weighted by Crippen LogP contribution is -2.53. The standard InChI is InChI=1S/C11H24N2/c1-5-9(2)13(4)11-7-6-8-12-10(11)3/h9-12H,5-8H2,1-4H3. The van der Waals surface area contributed by atoms with Gasteiger partial charge < -0.3 is 5.32 Å². The third-order valence-electron chi connectivity index (χ3n) is 3.53. The number of piperidine rings is 1. The van der Waals surface area contributed by atoms with Crippen LogP contribution in [-0.4, -0.2) is 36.6 Å². The fraction of sp³-hybridized carbons (Fsp3) is 1.00. The van der Waals surface area contributed by atoms with Crippen LogP contribution < -0.4 is 5.32 Å². The van der Waals surface area contributed by atoms with Gasteiger partial charge in [0.2, 0.25) is 0 Å². The third-order valence-corrected chi connectivity index (χ3v) is 3.53. The summed E-state index contributed by atoms with van der Waals surface area (Å²) in [6, 6.07) is 2.11. The number of rotatable bonds is 3. The van der Waals surface area contributed by atoms with Crippen molar-refractivity contribution in [2.75, 3.05) is 13.6 Å². The molecule has 3 atom stereocenters.